The van der Waals surface area contributed by atoms with Gasteiger partial charge in [0.15, 0.2) is 0 Å². The molecule has 1 unspecified atom stereocenters. The fourth-order valence-electron chi connectivity index (χ4n) is 2.69. The molecular weight excluding hydrogens is 282 g/mol. The van der Waals surface area contributed by atoms with Crippen molar-refractivity contribution in [2.75, 3.05) is 4.90 Å². The summed E-state index contributed by atoms with van der Waals surface area (Å²) in [7, 11) is 0. The number of para-hydroxylation sites is 1. The Balaban J connectivity index is 1.79. The molecule has 1 aromatic rings. The maximum absolute atomic E-state index is 12.6. The van der Waals surface area contributed by atoms with E-state index in [1.807, 2.05) is 32.0 Å². The molecular formula is C16H19N3O3. The molecule has 1 aliphatic heterocycles. The van der Waals surface area contributed by atoms with Crippen LogP contribution in [0.15, 0.2) is 24.3 Å². The van der Waals surface area contributed by atoms with E-state index in [0.29, 0.717) is 0 Å². The van der Waals surface area contributed by atoms with E-state index in [9.17, 15) is 14.4 Å². The number of rotatable bonds is 3. The summed E-state index contributed by atoms with van der Waals surface area (Å²) >= 11 is 0. The van der Waals surface area contributed by atoms with Crippen LogP contribution in [0, 0.1) is 0 Å². The fourth-order valence-corrected chi connectivity index (χ4v) is 2.69. The third kappa shape index (κ3) is 2.56. The Bertz CT molecular complexity index is 637. The molecule has 1 heterocycles. The second kappa shape index (κ2) is 5.44. The van der Waals surface area contributed by atoms with Gasteiger partial charge in [0, 0.05) is 23.3 Å². The van der Waals surface area contributed by atoms with E-state index in [1.54, 1.807) is 11.0 Å². The lowest BCUT2D eigenvalue weighted by atomic mass is 10.1. The quantitative estimate of drug-likeness (QED) is 0.813. The Morgan fingerprint density at radius 2 is 1.77 bits per heavy atom. The molecule has 1 saturated carbocycles. The SMILES string of the molecule is CC(C)N1C(=O)C(NC(=O)C(=O)NC2CC2)c2ccccc21. The van der Waals surface area contributed by atoms with Gasteiger partial charge in [-0.25, -0.2) is 0 Å². The first-order valence-electron chi connectivity index (χ1n) is 7.52. The molecule has 1 aliphatic carbocycles. The Kier molecular flexibility index (Phi) is 3.60. The molecule has 1 fully saturated rings. The number of nitrogens with zero attached hydrogens (tertiary/aromatic N) is 1. The van der Waals surface area contributed by atoms with Gasteiger partial charge in [0.1, 0.15) is 6.04 Å². The van der Waals surface area contributed by atoms with Crippen LogP contribution in [-0.4, -0.2) is 29.8 Å². The van der Waals surface area contributed by atoms with Gasteiger partial charge in [-0.3, -0.25) is 14.4 Å². The van der Waals surface area contributed by atoms with Gasteiger partial charge in [0.05, 0.1) is 0 Å². The number of nitrogens with one attached hydrogen (secondary N) is 2. The van der Waals surface area contributed by atoms with Gasteiger partial charge in [-0.2, -0.15) is 0 Å². The highest BCUT2D eigenvalue weighted by Gasteiger charge is 2.40. The van der Waals surface area contributed by atoms with Gasteiger partial charge in [-0.1, -0.05) is 18.2 Å². The first-order valence-corrected chi connectivity index (χ1v) is 7.52. The van der Waals surface area contributed by atoms with Crippen LogP contribution in [0.2, 0.25) is 0 Å². The van der Waals surface area contributed by atoms with Gasteiger partial charge >= 0.3 is 11.8 Å². The van der Waals surface area contributed by atoms with Crippen LogP contribution in [0.25, 0.3) is 0 Å². The average molecular weight is 301 g/mol. The predicted octanol–water partition coefficient (Wildman–Crippen LogP) is 0.878. The fraction of sp³-hybridized carbons (Fsp3) is 0.438. The maximum atomic E-state index is 12.6. The summed E-state index contributed by atoms with van der Waals surface area (Å²) < 4.78 is 0. The van der Waals surface area contributed by atoms with Gasteiger partial charge in [0.25, 0.3) is 5.91 Å². The van der Waals surface area contributed by atoms with Crippen LogP contribution >= 0.6 is 0 Å². The zero-order chi connectivity index (χ0) is 15.9. The van der Waals surface area contributed by atoms with E-state index in [4.69, 9.17) is 0 Å². The standard InChI is InChI=1S/C16H19N3O3/c1-9(2)19-12-6-4-3-5-11(12)13(16(19)22)18-15(21)14(20)17-10-7-8-10/h3-6,9-10,13H,7-8H2,1-2H3,(H,17,20)(H,18,21). The zero-order valence-electron chi connectivity index (χ0n) is 12.6. The molecule has 0 radical (unpaired) electrons. The average Bonchev–Trinajstić information content (AvgIpc) is 3.24. The van der Waals surface area contributed by atoms with E-state index in [1.165, 1.54) is 0 Å². The number of fused-ring (bicyclic) bond motifs is 1. The highest BCUT2D eigenvalue weighted by Crippen LogP contribution is 2.36. The number of carbonyl (C=O) groups is 3. The molecule has 116 valence electrons. The van der Waals surface area contributed by atoms with Crippen LogP contribution in [0.1, 0.15) is 38.3 Å². The van der Waals surface area contributed by atoms with Crippen LogP contribution < -0.4 is 15.5 Å². The molecule has 0 saturated heterocycles. The van der Waals surface area contributed by atoms with Gasteiger partial charge in [-0.05, 0) is 32.8 Å². The maximum Gasteiger partial charge on any atom is 0.310 e. The molecule has 1 aromatic carbocycles. The van der Waals surface area contributed by atoms with Crippen molar-refractivity contribution in [1.82, 2.24) is 10.6 Å². The molecule has 6 nitrogen and oxygen atoms in total. The lowest BCUT2D eigenvalue weighted by Crippen LogP contribution is -2.46. The van der Waals surface area contributed by atoms with Crippen molar-refractivity contribution in [3.63, 3.8) is 0 Å². The Morgan fingerprint density at radius 3 is 2.41 bits per heavy atom. The molecule has 6 heteroatoms. The predicted molar refractivity (Wildman–Crippen MR) is 81.1 cm³/mol. The van der Waals surface area contributed by atoms with Crippen molar-refractivity contribution in [2.45, 2.75) is 44.8 Å². The van der Waals surface area contributed by atoms with Crippen molar-refractivity contribution in [2.24, 2.45) is 0 Å². The number of hydrogen-bond acceptors (Lipinski definition) is 3. The third-order valence-corrected chi connectivity index (χ3v) is 3.90. The van der Waals surface area contributed by atoms with Gasteiger partial charge < -0.3 is 15.5 Å². The third-order valence-electron chi connectivity index (χ3n) is 3.90. The molecule has 22 heavy (non-hydrogen) atoms. The minimum Gasteiger partial charge on any atom is -0.345 e. The normalized spacial score (nSPS) is 20.0. The van der Waals surface area contributed by atoms with E-state index in [-0.39, 0.29) is 18.0 Å². The largest absolute Gasteiger partial charge is 0.345 e. The smallest absolute Gasteiger partial charge is 0.310 e. The molecule has 2 N–H and O–H groups in total. The van der Waals surface area contributed by atoms with E-state index < -0.39 is 17.9 Å². The molecule has 1 atom stereocenters. The monoisotopic (exact) mass is 301 g/mol. The van der Waals surface area contributed by atoms with E-state index in [2.05, 4.69) is 10.6 Å². The first kappa shape index (κ1) is 14.6. The summed E-state index contributed by atoms with van der Waals surface area (Å²) in [6.45, 7) is 3.83. The van der Waals surface area contributed by atoms with Crippen molar-refractivity contribution < 1.29 is 14.4 Å². The summed E-state index contributed by atoms with van der Waals surface area (Å²) in [5, 5.41) is 5.18. The second-order valence-corrected chi connectivity index (χ2v) is 6.02. The van der Waals surface area contributed by atoms with Crippen molar-refractivity contribution in [3.8, 4) is 0 Å². The summed E-state index contributed by atoms with van der Waals surface area (Å²) in [6, 6.07) is 6.62. The van der Waals surface area contributed by atoms with Gasteiger partial charge in [-0.15, -0.1) is 0 Å². The lowest BCUT2D eigenvalue weighted by Gasteiger charge is -2.22. The second-order valence-electron chi connectivity index (χ2n) is 6.02. The Morgan fingerprint density at radius 1 is 1.14 bits per heavy atom. The molecule has 0 bridgehead atoms. The van der Waals surface area contributed by atoms with E-state index in [0.717, 1.165) is 24.1 Å². The summed E-state index contributed by atoms with van der Waals surface area (Å²) in [5.74, 6) is -1.63. The highest BCUT2D eigenvalue weighted by atomic mass is 16.2. The molecule has 3 rings (SSSR count). The topological polar surface area (TPSA) is 78.5 Å². The van der Waals surface area contributed by atoms with Crippen LogP contribution in [0.3, 0.4) is 0 Å². The summed E-state index contributed by atoms with van der Waals surface area (Å²) in [5.41, 5.74) is 1.52. The van der Waals surface area contributed by atoms with Crippen molar-refractivity contribution in [3.05, 3.63) is 29.8 Å². The van der Waals surface area contributed by atoms with Crippen LogP contribution in [-0.2, 0) is 14.4 Å². The number of anilines is 1. The van der Waals surface area contributed by atoms with Crippen molar-refractivity contribution >= 4 is 23.4 Å². The first-order chi connectivity index (χ1) is 10.5. The van der Waals surface area contributed by atoms with E-state index >= 15 is 0 Å². The summed E-state index contributed by atoms with van der Waals surface area (Å²) in [6.07, 6.45) is 1.82. The van der Waals surface area contributed by atoms with Gasteiger partial charge in [0.2, 0.25) is 0 Å². The van der Waals surface area contributed by atoms with Crippen molar-refractivity contribution in [1.29, 1.82) is 0 Å². The molecule has 0 spiro atoms. The number of amides is 3. The lowest BCUT2D eigenvalue weighted by molar-refractivity contribution is -0.140. The number of benzene rings is 1. The van der Waals surface area contributed by atoms with Crippen LogP contribution in [0.4, 0.5) is 5.69 Å². The zero-order valence-corrected chi connectivity index (χ0v) is 12.6. The molecule has 2 aliphatic rings. The summed E-state index contributed by atoms with van der Waals surface area (Å²) in [4.78, 5) is 38.0. The number of carbonyl (C=O) groups excluding carboxylic acids is 3. The Labute approximate surface area is 128 Å². The highest BCUT2D eigenvalue weighted by molar-refractivity contribution is 6.35. The minimum atomic E-state index is -0.795. The minimum absolute atomic E-state index is 0.0177. The Hall–Kier alpha value is -2.37. The molecule has 0 aromatic heterocycles. The molecule has 3 amide bonds. The van der Waals surface area contributed by atoms with Crippen LogP contribution in [0.5, 0.6) is 0 Å². The number of hydrogen-bond donors (Lipinski definition) is 2.